The van der Waals surface area contributed by atoms with Gasteiger partial charge in [0.15, 0.2) is 0 Å². The van der Waals surface area contributed by atoms with E-state index in [4.69, 9.17) is 4.74 Å². The summed E-state index contributed by atoms with van der Waals surface area (Å²) in [4.78, 5) is 2.22. The molecule has 0 fully saturated rings. The van der Waals surface area contributed by atoms with E-state index in [0.717, 1.165) is 26.1 Å². The maximum absolute atomic E-state index is 5.38. The lowest BCUT2D eigenvalue weighted by atomic mass is 10.2. The van der Waals surface area contributed by atoms with Gasteiger partial charge in [-0.2, -0.15) is 0 Å². The minimum absolute atomic E-state index is 0.631. The second-order valence-electron chi connectivity index (χ2n) is 3.21. The molecule has 0 rings (SSSR count). The van der Waals surface area contributed by atoms with E-state index in [1.54, 1.807) is 0 Å². The van der Waals surface area contributed by atoms with Crippen molar-refractivity contribution >= 4 is 0 Å². The Bertz CT molecular complexity index is 83.6. The lowest BCUT2D eigenvalue weighted by Gasteiger charge is -2.19. The third kappa shape index (κ3) is 6.32. The largest absolute Gasteiger partial charge is 0.381 e. The van der Waals surface area contributed by atoms with E-state index < -0.39 is 0 Å². The maximum atomic E-state index is 5.38. The molecular formula is C9H21NO. The third-order valence-electron chi connectivity index (χ3n) is 1.91. The summed E-state index contributed by atoms with van der Waals surface area (Å²) in [7, 11) is 4.20. The van der Waals surface area contributed by atoms with Crippen molar-refractivity contribution in [2.24, 2.45) is 0 Å². The standard InChI is InChI=1S/C9H21NO/c1-5-7-11-8-6-9(2)10(3)4/h9H,5-8H2,1-4H3. The molecule has 0 heterocycles. The molecule has 0 aliphatic carbocycles. The van der Waals surface area contributed by atoms with Crippen LogP contribution < -0.4 is 0 Å². The Morgan fingerprint density at radius 3 is 2.36 bits per heavy atom. The summed E-state index contributed by atoms with van der Waals surface area (Å²) in [6, 6.07) is 0.631. The molecule has 0 spiro atoms. The molecule has 0 N–H and O–H groups in total. The Balaban J connectivity index is 3.10. The summed E-state index contributed by atoms with van der Waals surface area (Å²) in [5, 5.41) is 0. The summed E-state index contributed by atoms with van der Waals surface area (Å²) in [5.41, 5.74) is 0. The zero-order chi connectivity index (χ0) is 8.69. The van der Waals surface area contributed by atoms with Crippen LogP contribution in [0.25, 0.3) is 0 Å². The van der Waals surface area contributed by atoms with Gasteiger partial charge in [-0.25, -0.2) is 0 Å². The van der Waals surface area contributed by atoms with Crippen molar-refractivity contribution in [2.45, 2.75) is 32.7 Å². The quantitative estimate of drug-likeness (QED) is 0.547. The van der Waals surface area contributed by atoms with E-state index >= 15 is 0 Å². The van der Waals surface area contributed by atoms with Gasteiger partial charge < -0.3 is 9.64 Å². The smallest absolute Gasteiger partial charge is 0.0480 e. The molecule has 68 valence electrons. The van der Waals surface area contributed by atoms with E-state index in [1.807, 2.05) is 0 Å². The predicted molar refractivity (Wildman–Crippen MR) is 48.9 cm³/mol. The highest BCUT2D eigenvalue weighted by Crippen LogP contribution is 1.97. The molecule has 0 aliphatic heterocycles. The lowest BCUT2D eigenvalue weighted by Crippen LogP contribution is -2.25. The van der Waals surface area contributed by atoms with Crippen LogP contribution in [0.1, 0.15) is 26.7 Å². The molecule has 11 heavy (non-hydrogen) atoms. The summed E-state index contributed by atoms with van der Waals surface area (Å²) in [5.74, 6) is 0. The topological polar surface area (TPSA) is 12.5 Å². The van der Waals surface area contributed by atoms with Crippen LogP contribution in [0.3, 0.4) is 0 Å². The first-order valence-electron chi connectivity index (χ1n) is 4.42. The molecule has 0 aromatic carbocycles. The first-order chi connectivity index (χ1) is 5.18. The second kappa shape index (κ2) is 6.62. The third-order valence-corrected chi connectivity index (χ3v) is 1.91. The molecule has 0 amide bonds. The first kappa shape index (κ1) is 10.9. The van der Waals surface area contributed by atoms with Gasteiger partial charge in [-0.05, 0) is 33.9 Å². The monoisotopic (exact) mass is 159 g/mol. The molecule has 0 saturated heterocycles. The van der Waals surface area contributed by atoms with Crippen LogP contribution in [-0.2, 0) is 4.74 Å². The van der Waals surface area contributed by atoms with Crippen molar-refractivity contribution in [3.05, 3.63) is 0 Å². The molecule has 2 nitrogen and oxygen atoms in total. The van der Waals surface area contributed by atoms with Crippen molar-refractivity contribution in [1.29, 1.82) is 0 Å². The van der Waals surface area contributed by atoms with Crippen LogP contribution in [0.5, 0.6) is 0 Å². The summed E-state index contributed by atoms with van der Waals surface area (Å²) in [6.07, 6.45) is 2.25. The molecule has 0 aromatic rings. The van der Waals surface area contributed by atoms with Gasteiger partial charge in [-0.15, -0.1) is 0 Å². The fourth-order valence-electron chi connectivity index (χ4n) is 0.758. The Hall–Kier alpha value is -0.0800. The van der Waals surface area contributed by atoms with Gasteiger partial charge in [0.2, 0.25) is 0 Å². The average molecular weight is 159 g/mol. The van der Waals surface area contributed by atoms with Crippen LogP contribution in [0, 0.1) is 0 Å². The van der Waals surface area contributed by atoms with Crippen LogP contribution in [-0.4, -0.2) is 38.3 Å². The van der Waals surface area contributed by atoms with Gasteiger partial charge in [0.1, 0.15) is 0 Å². The minimum Gasteiger partial charge on any atom is -0.381 e. The molecule has 0 aromatic heterocycles. The van der Waals surface area contributed by atoms with Crippen molar-refractivity contribution < 1.29 is 4.74 Å². The zero-order valence-electron chi connectivity index (χ0n) is 8.26. The fourth-order valence-corrected chi connectivity index (χ4v) is 0.758. The van der Waals surface area contributed by atoms with Gasteiger partial charge >= 0.3 is 0 Å². The summed E-state index contributed by atoms with van der Waals surface area (Å²) >= 11 is 0. The number of hydrogen-bond acceptors (Lipinski definition) is 2. The average Bonchev–Trinajstić information content (AvgIpc) is 1.97. The first-order valence-corrected chi connectivity index (χ1v) is 4.42. The molecule has 2 heteroatoms. The van der Waals surface area contributed by atoms with Gasteiger partial charge in [0, 0.05) is 19.3 Å². The van der Waals surface area contributed by atoms with E-state index in [9.17, 15) is 0 Å². The fraction of sp³-hybridized carbons (Fsp3) is 1.00. The normalized spacial score (nSPS) is 13.9. The Morgan fingerprint density at radius 2 is 1.91 bits per heavy atom. The Morgan fingerprint density at radius 1 is 1.27 bits per heavy atom. The van der Waals surface area contributed by atoms with Gasteiger partial charge in [0.05, 0.1) is 0 Å². The Labute approximate surface area is 70.5 Å². The molecule has 0 radical (unpaired) electrons. The zero-order valence-corrected chi connectivity index (χ0v) is 8.26. The van der Waals surface area contributed by atoms with Crippen molar-refractivity contribution in [3.63, 3.8) is 0 Å². The van der Waals surface area contributed by atoms with Gasteiger partial charge in [-0.1, -0.05) is 6.92 Å². The molecule has 1 unspecified atom stereocenters. The summed E-state index contributed by atoms with van der Waals surface area (Å²) < 4.78 is 5.38. The number of rotatable bonds is 6. The van der Waals surface area contributed by atoms with Crippen molar-refractivity contribution in [3.8, 4) is 0 Å². The van der Waals surface area contributed by atoms with E-state index in [0.29, 0.717) is 6.04 Å². The van der Waals surface area contributed by atoms with E-state index in [-0.39, 0.29) is 0 Å². The van der Waals surface area contributed by atoms with Crippen LogP contribution >= 0.6 is 0 Å². The minimum atomic E-state index is 0.631. The van der Waals surface area contributed by atoms with Gasteiger partial charge in [0.25, 0.3) is 0 Å². The molecule has 0 aliphatic rings. The predicted octanol–water partition coefficient (Wildman–Crippen LogP) is 1.75. The van der Waals surface area contributed by atoms with Crippen molar-refractivity contribution in [1.82, 2.24) is 4.90 Å². The second-order valence-corrected chi connectivity index (χ2v) is 3.21. The van der Waals surface area contributed by atoms with E-state index in [1.165, 1.54) is 0 Å². The van der Waals surface area contributed by atoms with Crippen LogP contribution in [0.15, 0.2) is 0 Å². The molecule has 0 bridgehead atoms. The Kier molecular flexibility index (Phi) is 6.57. The molecular weight excluding hydrogens is 138 g/mol. The summed E-state index contributed by atoms with van der Waals surface area (Å²) in [6.45, 7) is 6.15. The number of hydrogen-bond donors (Lipinski definition) is 0. The lowest BCUT2D eigenvalue weighted by molar-refractivity contribution is 0.114. The highest BCUT2D eigenvalue weighted by molar-refractivity contribution is 4.57. The van der Waals surface area contributed by atoms with Crippen LogP contribution in [0.2, 0.25) is 0 Å². The van der Waals surface area contributed by atoms with Crippen LogP contribution in [0.4, 0.5) is 0 Å². The number of nitrogens with zero attached hydrogens (tertiary/aromatic N) is 1. The highest BCUT2D eigenvalue weighted by atomic mass is 16.5. The SMILES string of the molecule is CCCOCCC(C)N(C)C. The van der Waals surface area contributed by atoms with Gasteiger partial charge in [-0.3, -0.25) is 0 Å². The molecule has 1 atom stereocenters. The maximum Gasteiger partial charge on any atom is 0.0480 e. The van der Waals surface area contributed by atoms with Crippen molar-refractivity contribution in [2.75, 3.05) is 27.3 Å². The highest BCUT2D eigenvalue weighted by Gasteiger charge is 2.02. The number of ether oxygens (including phenoxy) is 1. The van der Waals surface area contributed by atoms with E-state index in [2.05, 4.69) is 32.8 Å². The molecule has 0 saturated carbocycles.